The van der Waals surface area contributed by atoms with E-state index in [2.05, 4.69) is 15.9 Å². The first-order valence-corrected chi connectivity index (χ1v) is 10.4. The predicted molar refractivity (Wildman–Crippen MR) is 110 cm³/mol. The second-order valence-electron chi connectivity index (χ2n) is 7.99. The average molecular weight is 417 g/mol. The van der Waals surface area contributed by atoms with Gasteiger partial charge in [-0.1, -0.05) is 30.3 Å². The predicted octanol–water partition coefficient (Wildman–Crippen LogP) is 3.80. The summed E-state index contributed by atoms with van der Waals surface area (Å²) in [4.78, 5) is 19.1. The largest absolute Gasteiger partial charge is 0.416 e. The van der Waals surface area contributed by atoms with E-state index in [1.807, 2.05) is 23.1 Å². The van der Waals surface area contributed by atoms with Gasteiger partial charge in [-0.15, -0.1) is 0 Å². The van der Waals surface area contributed by atoms with Crippen LogP contribution in [0.2, 0.25) is 0 Å². The Morgan fingerprint density at radius 2 is 1.53 bits per heavy atom. The molecule has 0 saturated carbocycles. The van der Waals surface area contributed by atoms with Crippen LogP contribution >= 0.6 is 0 Å². The number of amides is 1. The van der Waals surface area contributed by atoms with Gasteiger partial charge in [0.05, 0.1) is 5.56 Å². The molecule has 2 aromatic carbocycles. The minimum Gasteiger partial charge on any atom is -0.312 e. The molecule has 0 bridgehead atoms. The minimum atomic E-state index is -4.29. The van der Waals surface area contributed by atoms with Crippen molar-refractivity contribution in [1.82, 2.24) is 9.80 Å². The number of benzene rings is 2. The standard InChI is InChI=1S/C23H26F3N3O/c24-23(25,26)20-7-5-18(6-8-20)17-28-15-13-27(14-16-28)11-10-22(30)29-12-9-19-3-1-2-4-21(19)29/h1-8H,9-17H2. The number of carbonyl (C=O) groups is 1. The van der Waals surface area contributed by atoms with Crippen molar-refractivity contribution < 1.29 is 18.0 Å². The molecule has 4 nitrogen and oxygen atoms in total. The molecule has 0 N–H and O–H groups in total. The normalized spacial score (nSPS) is 17.9. The fraction of sp³-hybridized carbons (Fsp3) is 0.435. The van der Waals surface area contributed by atoms with Crippen LogP contribution in [0.15, 0.2) is 48.5 Å². The lowest BCUT2D eigenvalue weighted by Gasteiger charge is -2.34. The van der Waals surface area contributed by atoms with Gasteiger partial charge in [-0.2, -0.15) is 13.2 Å². The lowest BCUT2D eigenvalue weighted by Crippen LogP contribution is -2.46. The molecule has 0 aliphatic carbocycles. The van der Waals surface area contributed by atoms with Crippen LogP contribution in [0, 0.1) is 0 Å². The number of carbonyl (C=O) groups excluding carboxylic acids is 1. The second kappa shape index (κ2) is 8.78. The first-order valence-electron chi connectivity index (χ1n) is 10.4. The fourth-order valence-corrected chi connectivity index (χ4v) is 4.21. The van der Waals surface area contributed by atoms with E-state index in [1.54, 1.807) is 12.1 Å². The Morgan fingerprint density at radius 1 is 0.867 bits per heavy atom. The smallest absolute Gasteiger partial charge is 0.312 e. The van der Waals surface area contributed by atoms with Crippen LogP contribution in [0.25, 0.3) is 0 Å². The van der Waals surface area contributed by atoms with Gasteiger partial charge in [0.15, 0.2) is 0 Å². The lowest BCUT2D eigenvalue weighted by molar-refractivity contribution is -0.137. The summed E-state index contributed by atoms with van der Waals surface area (Å²) in [6.07, 6.45) is -2.86. The summed E-state index contributed by atoms with van der Waals surface area (Å²) in [5.41, 5.74) is 2.56. The number of hydrogen-bond donors (Lipinski definition) is 0. The highest BCUT2D eigenvalue weighted by molar-refractivity contribution is 5.95. The Balaban J connectivity index is 1.21. The molecule has 0 radical (unpaired) electrons. The van der Waals surface area contributed by atoms with Crippen molar-refractivity contribution in [2.24, 2.45) is 0 Å². The van der Waals surface area contributed by atoms with E-state index in [-0.39, 0.29) is 5.91 Å². The Morgan fingerprint density at radius 3 is 2.23 bits per heavy atom. The second-order valence-corrected chi connectivity index (χ2v) is 7.99. The molecular formula is C23H26F3N3O. The molecule has 2 aromatic rings. The molecule has 1 fully saturated rings. The van der Waals surface area contributed by atoms with Gasteiger partial charge in [-0.3, -0.25) is 9.69 Å². The van der Waals surface area contributed by atoms with E-state index < -0.39 is 11.7 Å². The topological polar surface area (TPSA) is 26.8 Å². The molecule has 2 heterocycles. The molecule has 0 aromatic heterocycles. The van der Waals surface area contributed by atoms with Crippen molar-refractivity contribution in [2.75, 3.05) is 44.2 Å². The van der Waals surface area contributed by atoms with E-state index >= 15 is 0 Å². The quantitative estimate of drug-likeness (QED) is 0.741. The molecule has 160 valence electrons. The molecule has 2 aliphatic heterocycles. The van der Waals surface area contributed by atoms with Crippen LogP contribution < -0.4 is 4.90 Å². The number of alkyl halides is 3. The molecular weight excluding hydrogens is 391 g/mol. The molecule has 1 saturated heterocycles. The number of rotatable bonds is 5. The maximum Gasteiger partial charge on any atom is 0.416 e. The lowest BCUT2D eigenvalue weighted by atomic mass is 10.1. The monoisotopic (exact) mass is 417 g/mol. The molecule has 0 unspecified atom stereocenters. The van der Waals surface area contributed by atoms with E-state index in [0.29, 0.717) is 13.0 Å². The first kappa shape index (κ1) is 20.9. The molecule has 0 spiro atoms. The molecule has 7 heteroatoms. The van der Waals surface area contributed by atoms with Crippen molar-refractivity contribution in [2.45, 2.75) is 25.6 Å². The van der Waals surface area contributed by atoms with E-state index in [9.17, 15) is 18.0 Å². The zero-order valence-electron chi connectivity index (χ0n) is 16.9. The third kappa shape index (κ3) is 4.84. The Kier molecular flexibility index (Phi) is 6.11. The zero-order chi connectivity index (χ0) is 21.1. The van der Waals surface area contributed by atoms with Crippen LogP contribution in [0.4, 0.5) is 18.9 Å². The molecule has 30 heavy (non-hydrogen) atoms. The third-order valence-electron chi connectivity index (χ3n) is 5.98. The highest BCUT2D eigenvalue weighted by Crippen LogP contribution is 2.29. The average Bonchev–Trinajstić information content (AvgIpc) is 3.17. The summed E-state index contributed by atoms with van der Waals surface area (Å²) < 4.78 is 38.0. The highest BCUT2D eigenvalue weighted by atomic mass is 19.4. The minimum absolute atomic E-state index is 0.173. The van der Waals surface area contributed by atoms with Gasteiger partial charge >= 0.3 is 6.18 Å². The Bertz CT molecular complexity index is 874. The summed E-state index contributed by atoms with van der Waals surface area (Å²) >= 11 is 0. The van der Waals surface area contributed by atoms with Crippen molar-refractivity contribution in [1.29, 1.82) is 0 Å². The van der Waals surface area contributed by atoms with Crippen LogP contribution in [0.1, 0.15) is 23.1 Å². The van der Waals surface area contributed by atoms with Gasteiger partial charge in [-0.25, -0.2) is 0 Å². The zero-order valence-corrected chi connectivity index (χ0v) is 16.9. The van der Waals surface area contributed by atoms with Crippen molar-refractivity contribution in [3.05, 3.63) is 65.2 Å². The Hall–Kier alpha value is -2.38. The highest BCUT2D eigenvalue weighted by Gasteiger charge is 2.30. The van der Waals surface area contributed by atoms with Gasteiger partial charge in [0.2, 0.25) is 5.91 Å². The maximum atomic E-state index is 12.7. The number of nitrogens with zero attached hydrogens (tertiary/aromatic N) is 3. The molecule has 4 rings (SSSR count). The Labute approximate surface area is 174 Å². The molecule has 1 amide bonds. The summed E-state index contributed by atoms with van der Waals surface area (Å²) in [6, 6.07) is 13.5. The number of hydrogen-bond acceptors (Lipinski definition) is 3. The van der Waals surface area contributed by atoms with Gasteiger partial charge in [-0.05, 0) is 35.7 Å². The molecule has 0 atom stereocenters. The van der Waals surface area contributed by atoms with Crippen LogP contribution in [-0.2, 0) is 23.9 Å². The fourth-order valence-electron chi connectivity index (χ4n) is 4.21. The number of anilines is 1. The van der Waals surface area contributed by atoms with Crippen molar-refractivity contribution in [3.63, 3.8) is 0 Å². The van der Waals surface area contributed by atoms with E-state index in [1.165, 1.54) is 5.56 Å². The van der Waals surface area contributed by atoms with Crippen LogP contribution in [0.5, 0.6) is 0 Å². The number of halogens is 3. The maximum absolute atomic E-state index is 12.7. The summed E-state index contributed by atoms with van der Waals surface area (Å²) in [5.74, 6) is 0.173. The third-order valence-corrected chi connectivity index (χ3v) is 5.98. The van der Waals surface area contributed by atoms with Crippen LogP contribution in [-0.4, -0.2) is 55.0 Å². The van der Waals surface area contributed by atoms with Gasteiger partial charge in [0, 0.05) is 57.9 Å². The number of piperazine rings is 1. The summed E-state index contributed by atoms with van der Waals surface area (Å²) in [7, 11) is 0. The van der Waals surface area contributed by atoms with Gasteiger partial charge < -0.3 is 9.80 Å². The molecule has 2 aliphatic rings. The van der Waals surface area contributed by atoms with Gasteiger partial charge in [0.1, 0.15) is 0 Å². The van der Waals surface area contributed by atoms with E-state index in [4.69, 9.17) is 0 Å². The van der Waals surface area contributed by atoms with Crippen molar-refractivity contribution >= 4 is 11.6 Å². The van der Waals surface area contributed by atoms with Crippen LogP contribution in [0.3, 0.4) is 0 Å². The van der Waals surface area contributed by atoms with Crippen molar-refractivity contribution in [3.8, 4) is 0 Å². The SMILES string of the molecule is O=C(CCN1CCN(Cc2ccc(C(F)(F)F)cc2)CC1)N1CCc2ccccc21. The number of fused-ring (bicyclic) bond motifs is 1. The van der Waals surface area contributed by atoms with Gasteiger partial charge in [0.25, 0.3) is 0 Å². The van der Waals surface area contributed by atoms with E-state index in [0.717, 1.165) is 69.1 Å². The summed E-state index contributed by atoms with van der Waals surface area (Å²) in [5, 5.41) is 0. The summed E-state index contributed by atoms with van der Waals surface area (Å²) in [6.45, 7) is 5.58. The number of para-hydroxylation sites is 1. The first-order chi connectivity index (χ1) is 14.4.